The summed E-state index contributed by atoms with van der Waals surface area (Å²) in [7, 11) is 2.88. The van der Waals surface area contributed by atoms with Crippen LogP contribution < -0.4 is 10.0 Å². The molecule has 0 saturated carbocycles. The van der Waals surface area contributed by atoms with Gasteiger partial charge in [-0.05, 0) is 38.3 Å². The molecule has 0 fully saturated rings. The van der Waals surface area contributed by atoms with Crippen molar-refractivity contribution in [2.24, 2.45) is 0 Å². The minimum Gasteiger partial charge on any atom is -0.350 e. The van der Waals surface area contributed by atoms with Crippen molar-refractivity contribution in [3.63, 3.8) is 0 Å². The predicted octanol–water partition coefficient (Wildman–Crippen LogP) is 3.73. The van der Waals surface area contributed by atoms with Crippen LogP contribution in [0.4, 0.5) is 0 Å². The van der Waals surface area contributed by atoms with E-state index in [9.17, 15) is 9.59 Å². The molecule has 2 rings (SSSR count). The van der Waals surface area contributed by atoms with Crippen molar-refractivity contribution in [3.8, 4) is 0 Å². The molecule has 24 heavy (non-hydrogen) atoms. The van der Waals surface area contributed by atoms with Crippen LogP contribution in [0, 0.1) is 0 Å². The molecule has 128 valence electrons. The Bertz CT molecular complexity index is 627. The summed E-state index contributed by atoms with van der Waals surface area (Å²) in [5.74, 6) is -0.121. The molecule has 0 aromatic heterocycles. The van der Waals surface area contributed by atoms with Gasteiger partial charge in [-0.1, -0.05) is 47.2 Å². The number of carbonyl (C=O) groups is 2. The third-order valence-electron chi connectivity index (χ3n) is 3.34. The fourth-order valence-corrected chi connectivity index (χ4v) is 4.18. The number of carbonyl (C=O) groups excluding carboxylic acids is 2. The minimum absolute atomic E-state index is 0.0212. The predicted molar refractivity (Wildman–Crippen MR) is 103 cm³/mol. The van der Waals surface area contributed by atoms with Crippen molar-refractivity contribution in [2.45, 2.75) is 38.0 Å². The van der Waals surface area contributed by atoms with E-state index in [1.54, 1.807) is 16.9 Å². The van der Waals surface area contributed by atoms with Crippen molar-refractivity contribution in [3.05, 3.63) is 53.6 Å². The Hall–Kier alpha value is -1.66. The molecule has 1 aliphatic rings. The second-order valence-corrected chi connectivity index (χ2v) is 8.03. The van der Waals surface area contributed by atoms with Gasteiger partial charge in [0.25, 0.3) is 5.91 Å². The Morgan fingerprint density at radius 3 is 2.71 bits per heavy atom. The Morgan fingerprint density at radius 2 is 2.00 bits per heavy atom. The molecule has 2 N–H and O–H groups in total. The van der Waals surface area contributed by atoms with Gasteiger partial charge >= 0.3 is 0 Å². The Kier molecular flexibility index (Phi) is 7.46. The second-order valence-electron chi connectivity index (χ2n) is 5.79. The molecule has 0 heterocycles. The Morgan fingerprint density at radius 1 is 1.25 bits per heavy atom. The van der Waals surface area contributed by atoms with E-state index >= 15 is 0 Å². The maximum Gasteiger partial charge on any atom is 0.254 e. The summed E-state index contributed by atoms with van der Waals surface area (Å²) in [6, 6.07) is 9.84. The zero-order valence-electron chi connectivity index (χ0n) is 13.8. The lowest BCUT2D eigenvalue weighted by atomic mass is 10.2. The van der Waals surface area contributed by atoms with Gasteiger partial charge in [-0.15, -0.1) is 0 Å². The highest BCUT2D eigenvalue weighted by molar-refractivity contribution is 8.76. The van der Waals surface area contributed by atoms with Crippen LogP contribution >= 0.6 is 21.8 Å². The summed E-state index contributed by atoms with van der Waals surface area (Å²) in [6.07, 6.45) is 7.02. The maximum absolute atomic E-state index is 11.9. The molecule has 1 aromatic rings. The summed E-state index contributed by atoms with van der Waals surface area (Å²) in [6.45, 7) is 3.90. The molecule has 1 aliphatic carbocycles. The molecule has 4 nitrogen and oxygen atoms in total. The molecule has 2 amide bonds. The van der Waals surface area contributed by atoms with Gasteiger partial charge < -0.3 is 5.32 Å². The van der Waals surface area contributed by atoms with Crippen LogP contribution in [0.1, 0.15) is 32.3 Å². The van der Waals surface area contributed by atoms with Gasteiger partial charge in [0.05, 0.1) is 0 Å². The monoisotopic (exact) mass is 362 g/mol. The number of amides is 2. The van der Waals surface area contributed by atoms with Crippen LogP contribution in [0.25, 0.3) is 6.08 Å². The molecule has 1 aromatic carbocycles. The first-order valence-electron chi connectivity index (χ1n) is 7.91. The van der Waals surface area contributed by atoms with E-state index in [0.717, 1.165) is 24.0 Å². The van der Waals surface area contributed by atoms with E-state index in [2.05, 4.69) is 10.0 Å². The van der Waals surface area contributed by atoms with Gasteiger partial charge in [-0.25, -0.2) is 0 Å². The molecule has 0 saturated heterocycles. The fraction of sp³-hybridized carbons (Fsp3) is 0.333. The average Bonchev–Trinajstić information content (AvgIpc) is 3.02. The molecular formula is C18H22N2O2S2. The zero-order valence-corrected chi connectivity index (χ0v) is 15.5. The molecule has 1 unspecified atom stereocenters. The van der Waals surface area contributed by atoms with Crippen LogP contribution in [0.15, 0.2) is 48.1 Å². The summed E-state index contributed by atoms with van der Waals surface area (Å²) in [4.78, 5) is 23.7. The summed E-state index contributed by atoms with van der Waals surface area (Å²) in [5.41, 5.74) is 1.84. The quantitative estimate of drug-likeness (QED) is 0.441. The van der Waals surface area contributed by atoms with Crippen molar-refractivity contribution in [2.75, 3.05) is 0 Å². The number of hydrogen-bond acceptors (Lipinski definition) is 4. The van der Waals surface area contributed by atoms with Gasteiger partial charge in [0.1, 0.15) is 0 Å². The van der Waals surface area contributed by atoms with E-state index in [1.807, 2.05) is 50.3 Å². The summed E-state index contributed by atoms with van der Waals surface area (Å²) < 4.78 is 2.78. The first-order valence-corrected chi connectivity index (χ1v) is 10.1. The second kappa shape index (κ2) is 9.59. The standard InChI is InChI=1S/C18H22N2O2S2/c1-13(2)19-18(22)15-9-10-16(12-15)23-24-20-17(21)11-8-14-6-4-3-5-7-14/h3-8,11-13,16H,9-10H2,1-2H3,(H,19,22)(H,20,21)/b11-8+. The normalized spacial score (nSPS) is 17.1. The molecule has 0 bridgehead atoms. The third kappa shape index (κ3) is 6.45. The molecule has 0 radical (unpaired) electrons. The maximum atomic E-state index is 11.9. The topological polar surface area (TPSA) is 58.2 Å². The minimum atomic E-state index is -0.142. The Balaban J connectivity index is 1.71. The van der Waals surface area contributed by atoms with Crippen molar-refractivity contribution < 1.29 is 9.59 Å². The lowest BCUT2D eigenvalue weighted by Gasteiger charge is -2.07. The number of rotatable bonds is 7. The van der Waals surface area contributed by atoms with Crippen LogP contribution in [-0.2, 0) is 9.59 Å². The first kappa shape index (κ1) is 18.7. The number of nitrogens with one attached hydrogen (secondary N) is 2. The molecule has 0 aliphatic heterocycles. The Labute approximate surface area is 151 Å². The lowest BCUT2D eigenvalue weighted by molar-refractivity contribution is -0.118. The highest BCUT2D eigenvalue weighted by Gasteiger charge is 2.21. The highest BCUT2D eigenvalue weighted by atomic mass is 33.1. The third-order valence-corrected chi connectivity index (χ3v) is 5.62. The van der Waals surface area contributed by atoms with Gasteiger partial charge in [0.2, 0.25) is 5.91 Å². The van der Waals surface area contributed by atoms with Gasteiger partial charge in [-0.3, -0.25) is 14.3 Å². The first-order chi connectivity index (χ1) is 11.5. The fourth-order valence-electron chi connectivity index (χ4n) is 2.21. The van der Waals surface area contributed by atoms with E-state index < -0.39 is 0 Å². The van der Waals surface area contributed by atoms with Crippen LogP contribution in [0.5, 0.6) is 0 Å². The van der Waals surface area contributed by atoms with Gasteiger partial charge in [-0.2, -0.15) is 0 Å². The molecule has 0 spiro atoms. The average molecular weight is 363 g/mol. The smallest absolute Gasteiger partial charge is 0.254 e. The van der Waals surface area contributed by atoms with Gasteiger partial charge in [0.15, 0.2) is 0 Å². The largest absolute Gasteiger partial charge is 0.350 e. The van der Waals surface area contributed by atoms with Crippen LogP contribution in [-0.4, -0.2) is 23.1 Å². The van der Waals surface area contributed by atoms with Crippen molar-refractivity contribution in [1.82, 2.24) is 10.0 Å². The summed E-state index contributed by atoms with van der Waals surface area (Å²) >= 11 is 0. The van der Waals surface area contributed by atoms with Crippen LogP contribution in [0.2, 0.25) is 0 Å². The van der Waals surface area contributed by atoms with Gasteiger partial charge in [0, 0.05) is 33.9 Å². The van der Waals surface area contributed by atoms with Crippen LogP contribution in [0.3, 0.4) is 0 Å². The molecule has 1 atom stereocenters. The van der Waals surface area contributed by atoms with Crippen molar-refractivity contribution >= 4 is 39.7 Å². The van der Waals surface area contributed by atoms with E-state index in [0.29, 0.717) is 0 Å². The van der Waals surface area contributed by atoms with Crippen molar-refractivity contribution in [1.29, 1.82) is 0 Å². The molecular weight excluding hydrogens is 340 g/mol. The number of hydrogen-bond donors (Lipinski definition) is 2. The SMILES string of the molecule is CC(C)NC(=O)C1=CC(SSNC(=O)/C=C/c2ccccc2)CC1. The van der Waals surface area contributed by atoms with E-state index in [4.69, 9.17) is 0 Å². The number of benzene rings is 1. The lowest BCUT2D eigenvalue weighted by Crippen LogP contribution is -2.30. The van der Waals surface area contributed by atoms with E-state index in [1.165, 1.54) is 17.1 Å². The molecule has 6 heteroatoms. The highest BCUT2D eigenvalue weighted by Crippen LogP contribution is 2.34. The van der Waals surface area contributed by atoms with E-state index in [-0.39, 0.29) is 23.1 Å². The zero-order chi connectivity index (χ0) is 17.4. The summed E-state index contributed by atoms with van der Waals surface area (Å²) in [5, 5.41) is 3.16.